The number of hydrogen-bond acceptors (Lipinski definition) is 8. The highest BCUT2D eigenvalue weighted by Gasteiger charge is 2.31. The second kappa shape index (κ2) is 13.0. The van der Waals surface area contributed by atoms with Gasteiger partial charge in [0.1, 0.15) is 18.0 Å². The third-order valence-corrected chi connectivity index (χ3v) is 7.82. The highest BCUT2D eigenvalue weighted by molar-refractivity contribution is 6.04. The minimum Gasteiger partial charge on any atom is -0.373 e. The Bertz CT molecular complexity index is 1610. The summed E-state index contributed by atoms with van der Waals surface area (Å²) in [6.45, 7) is 4.68. The maximum Gasteiger partial charge on any atom is 0.416 e. The Morgan fingerprint density at radius 1 is 1.07 bits per heavy atom. The van der Waals surface area contributed by atoms with Crippen molar-refractivity contribution in [3.05, 3.63) is 83.3 Å². The van der Waals surface area contributed by atoms with E-state index in [9.17, 15) is 18.0 Å². The molecule has 3 N–H and O–H groups in total. The molecule has 4 aromatic rings. The van der Waals surface area contributed by atoms with E-state index in [-0.39, 0.29) is 5.56 Å². The van der Waals surface area contributed by atoms with Gasteiger partial charge in [-0.3, -0.25) is 9.69 Å². The van der Waals surface area contributed by atoms with Crippen LogP contribution in [0.5, 0.6) is 0 Å². The van der Waals surface area contributed by atoms with Crippen molar-refractivity contribution >= 4 is 28.9 Å². The number of anilines is 4. The van der Waals surface area contributed by atoms with Gasteiger partial charge >= 0.3 is 6.18 Å². The summed E-state index contributed by atoms with van der Waals surface area (Å²) in [5, 5.41) is 14.1. The molecule has 1 aliphatic rings. The number of carbonyl (C=O) groups is 1. The van der Waals surface area contributed by atoms with Gasteiger partial charge in [0.05, 0.1) is 11.3 Å². The monoisotopic (exact) mass is 607 g/mol. The Balaban J connectivity index is 1.41. The van der Waals surface area contributed by atoms with E-state index in [0.717, 1.165) is 49.3 Å². The zero-order valence-electron chi connectivity index (χ0n) is 25.1. The molecule has 1 fully saturated rings. The van der Waals surface area contributed by atoms with Gasteiger partial charge in [-0.15, -0.1) is 0 Å². The van der Waals surface area contributed by atoms with Crippen LogP contribution in [0.3, 0.4) is 0 Å². The number of benzene rings is 2. The first-order valence-electron chi connectivity index (χ1n) is 14.3. The molecule has 5 rings (SSSR count). The maximum atomic E-state index is 13.2. The molecular formula is C31H36F3N9O. The molecular weight excluding hydrogens is 571 g/mol. The lowest BCUT2D eigenvalue weighted by atomic mass is 10.0. The molecule has 0 spiro atoms. The molecule has 2 aromatic heterocycles. The van der Waals surface area contributed by atoms with E-state index in [1.54, 1.807) is 29.9 Å². The second-order valence-corrected chi connectivity index (χ2v) is 11.1. The highest BCUT2D eigenvalue weighted by atomic mass is 19.4. The van der Waals surface area contributed by atoms with Crippen molar-refractivity contribution in [2.75, 3.05) is 50.2 Å². The van der Waals surface area contributed by atoms with Crippen LogP contribution in [0.2, 0.25) is 0 Å². The van der Waals surface area contributed by atoms with Crippen molar-refractivity contribution in [3.63, 3.8) is 0 Å². The van der Waals surface area contributed by atoms with E-state index in [2.05, 4.69) is 49.8 Å². The summed E-state index contributed by atoms with van der Waals surface area (Å²) in [6.07, 6.45) is -0.895. The van der Waals surface area contributed by atoms with Crippen molar-refractivity contribution in [2.45, 2.75) is 38.5 Å². The molecule has 0 unspecified atom stereocenters. The number of nitrogens with zero attached hydrogens (tertiary/aromatic N) is 6. The first-order chi connectivity index (χ1) is 21.0. The number of alkyl halides is 3. The normalized spacial score (nSPS) is 14.5. The smallest absolute Gasteiger partial charge is 0.373 e. The van der Waals surface area contributed by atoms with E-state index < -0.39 is 17.6 Å². The molecule has 44 heavy (non-hydrogen) atoms. The molecule has 0 saturated carbocycles. The van der Waals surface area contributed by atoms with E-state index >= 15 is 0 Å². The highest BCUT2D eigenvalue weighted by Crippen LogP contribution is 2.31. The number of aryl methyl sites for hydroxylation is 1. The third kappa shape index (κ3) is 7.34. The molecule has 1 saturated heterocycles. The topological polar surface area (TPSA) is 103 Å². The number of amides is 1. The van der Waals surface area contributed by atoms with Gasteiger partial charge < -0.3 is 20.9 Å². The average Bonchev–Trinajstić information content (AvgIpc) is 3.40. The van der Waals surface area contributed by atoms with Crippen LogP contribution in [0.1, 0.15) is 40.0 Å². The Hall–Kier alpha value is -4.49. The molecule has 2 aromatic carbocycles. The summed E-state index contributed by atoms with van der Waals surface area (Å²) in [5.74, 6) is 1.21. The van der Waals surface area contributed by atoms with Gasteiger partial charge in [0, 0.05) is 48.7 Å². The summed E-state index contributed by atoms with van der Waals surface area (Å²) in [7, 11) is 6.04. The van der Waals surface area contributed by atoms with E-state index in [0.29, 0.717) is 41.4 Å². The molecule has 0 bridgehead atoms. The second-order valence-electron chi connectivity index (χ2n) is 11.1. The third-order valence-electron chi connectivity index (χ3n) is 7.82. The van der Waals surface area contributed by atoms with Gasteiger partial charge in [-0.1, -0.05) is 12.1 Å². The molecule has 1 aliphatic heterocycles. The lowest BCUT2D eigenvalue weighted by Gasteiger charge is -2.34. The molecule has 0 radical (unpaired) electrons. The molecule has 232 valence electrons. The Labute approximate surface area is 254 Å². The molecule has 10 nitrogen and oxygen atoms in total. The number of halogens is 3. The van der Waals surface area contributed by atoms with Crippen LogP contribution in [0, 0.1) is 6.92 Å². The molecule has 0 atom stereocenters. The van der Waals surface area contributed by atoms with Crippen molar-refractivity contribution in [1.29, 1.82) is 0 Å². The molecule has 1 amide bonds. The number of piperidine rings is 1. The molecule has 3 heterocycles. The van der Waals surface area contributed by atoms with Gasteiger partial charge in [0.15, 0.2) is 5.82 Å². The first-order valence-corrected chi connectivity index (χ1v) is 14.3. The number of aromatic nitrogens is 4. The van der Waals surface area contributed by atoms with E-state index in [1.165, 1.54) is 18.5 Å². The fourth-order valence-electron chi connectivity index (χ4n) is 5.20. The Morgan fingerprint density at radius 2 is 1.84 bits per heavy atom. The predicted octanol–water partition coefficient (Wildman–Crippen LogP) is 5.55. The Kier molecular flexibility index (Phi) is 9.16. The number of nitrogens with one attached hydrogen (secondary N) is 3. The summed E-state index contributed by atoms with van der Waals surface area (Å²) < 4.78 is 41.2. The lowest BCUT2D eigenvalue weighted by Crippen LogP contribution is -2.41. The van der Waals surface area contributed by atoms with Crippen molar-refractivity contribution < 1.29 is 18.0 Å². The Morgan fingerprint density at radius 3 is 2.57 bits per heavy atom. The van der Waals surface area contributed by atoms with Gasteiger partial charge in [0.25, 0.3) is 5.91 Å². The van der Waals surface area contributed by atoms with Crippen LogP contribution >= 0.6 is 0 Å². The zero-order valence-corrected chi connectivity index (χ0v) is 25.1. The van der Waals surface area contributed by atoms with Crippen LogP contribution in [0.4, 0.5) is 36.2 Å². The molecule has 13 heteroatoms. The van der Waals surface area contributed by atoms with Crippen LogP contribution in [0.15, 0.2) is 60.9 Å². The summed E-state index contributed by atoms with van der Waals surface area (Å²) in [5.41, 5.74) is 1.88. The van der Waals surface area contributed by atoms with Crippen LogP contribution < -0.4 is 16.0 Å². The summed E-state index contributed by atoms with van der Waals surface area (Å²) in [6, 6.07) is 13.8. The number of hydrogen-bond donors (Lipinski definition) is 3. The number of rotatable bonds is 9. The van der Waals surface area contributed by atoms with Gasteiger partial charge in [0.2, 0.25) is 0 Å². The van der Waals surface area contributed by atoms with Crippen molar-refractivity contribution in [1.82, 2.24) is 29.5 Å². The largest absolute Gasteiger partial charge is 0.416 e. The fraction of sp³-hybridized carbons (Fsp3) is 0.355. The van der Waals surface area contributed by atoms with Crippen molar-refractivity contribution in [3.8, 4) is 5.82 Å². The number of carbonyl (C=O) groups excluding carboxylic acids is 1. The van der Waals surface area contributed by atoms with Crippen LogP contribution in [0.25, 0.3) is 5.82 Å². The van der Waals surface area contributed by atoms with Gasteiger partial charge in [-0.25, -0.2) is 9.97 Å². The van der Waals surface area contributed by atoms with Gasteiger partial charge in [-0.05, 0) is 82.8 Å². The summed E-state index contributed by atoms with van der Waals surface area (Å²) in [4.78, 5) is 26.2. The standard InChI is InChI=1S/C31H36F3N9O/c1-20-8-9-23(38-30(44)21-6-5-7-22(14-21)31(32,33)34)15-26(20)39-29-16-24(18-42(4)25-10-12-41(3)13-11-25)40-43(29)28-17-27(35-2)36-19-37-28/h5-9,14-17,19,25,39H,10-13,18H2,1-4H3,(H,38,44)(H,35,36,37). The van der Waals surface area contributed by atoms with Crippen LogP contribution in [-0.2, 0) is 12.7 Å². The number of likely N-dealkylation sites (tertiary alicyclic amines) is 1. The van der Waals surface area contributed by atoms with E-state index in [4.69, 9.17) is 5.10 Å². The average molecular weight is 608 g/mol. The first kappa shape index (κ1) is 31.0. The summed E-state index contributed by atoms with van der Waals surface area (Å²) >= 11 is 0. The predicted molar refractivity (Wildman–Crippen MR) is 165 cm³/mol. The quantitative estimate of drug-likeness (QED) is 0.228. The zero-order chi connectivity index (χ0) is 31.4. The molecule has 0 aliphatic carbocycles. The van der Waals surface area contributed by atoms with Crippen molar-refractivity contribution in [2.24, 2.45) is 0 Å². The van der Waals surface area contributed by atoms with Crippen LogP contribution in [-0.4, -0.2) is 75.7 Å². The maximum absolute atomic E-state index is 13.2. The fourth-order valence-corrected chi connectivity index (χ4v) is 5.20. The minimum atomic E-state index is -4.54. The lowest BCUT2D eigenvalue weighted by molar-refractivity contribution is -0.137. The van der Waals surface area contributed by atoms with Gasteiger partial charge in [-0.2, -0.15) is 23.0 Å². The SMILES string of the molecule is CNc1cc(-n2nc(CN(C)C3CCN(C)CC3)cc2Nc2cc(NC(=O)c3cccc(C(F)(F)F)c3)ccc2C)ncn1. The van der Waals surface area contributed by atoms with E-state index in [1.807, 2.05) is 19.1 Å². The minimum absolute atomic E-state index is 0.0875.